The number of H-pyrrole nitrogens is 1. The summed E-state index contributed by atoms with van der Waals surface area (Å²) < 4.78 is 15.0. The molecule has 0 atom stereocenters. The molecule has 5 nitrogen and oxygen atoms in total. The molecule has 1 amide bonds. The van der Waals surface area contributed by atoms with Crippen LogP contribution in [0.1, 0.15) is 48.0 Å². The quantitative estimate of drug-likeness (QED) is 0.491. The maximum atomic E-state index is 15.0. The molecule has 0 saturated carbocycles. The van der Waals surface area contributed by atoms with E-state index in [0.29, 0.717) is 40.0 Å². The van der Waals surface area contributed by atoms with Crippen LogP contribution in [-0.2, 0) is 11.8 Å². The molecule has 0 aliphatic heterocycles. The lowest BCUT2D eigenvalue weighted by molar-refractivity contribution is 0.0959. The van der Waals surface area contributed by atoms with E-state index in [0.717, 1.165) is 5.56 Å². The highest BCUT2D eigenvalue weighted by Crippen LogP contribution is 2.28. The Kier molecular flexibility index (Phi) is 5.31. The molecule has 4 aromatic rings. The van der Waals surface area contributed by atoms with Crippen LogP contribution < -0.4 is 5.32 Å². The van der Waals surface area contributed by atoms with Crippen molar-refractivity contribution in [1.82, 2.24) is 20.3 Å². The monoisotopic (exact) mass is 416 g/mol. The van der Waals surface area contributed by atoms with Crippen LogP contribution in [-0.4, -0.2) is 27.9 Å². The van der Waals surface area contributed by atoms with Gasteiger partial charge >= 0.3 is 0 Å². The summed E-state index contributed by atoms with van der Waals surface area (Å²) in [6, 6.07) is 15.2. The first kappa shape index (κ1) is 20.7. The third-order valence-corrected chi connectivity index (χ3v) is 5.44. The highest BCUT2D eigenvalue weighted by atomic mass is 19.1. The molecule has 0 saturated heterocycles. The minimum atomic E-state index is -0.286. The van der Waals surface area contributed by atoms with E-state index in [1.807, 2.05) is 6.07 Å². The van der Waals surface area contributed by atoms with Crippen LogP contribution in [0.5, 0.6) is 0 Å². The Hall–Kier alpha value is -3.54. The molecule has 2 aromatic carbocycles. The van der Waals surface area contributed by atoms with Gasteiger partial charge in [-0.25, -0.2) is 14.4 Å². The molecule has 0 unspecified atom stereocenters. The molecule has 0 fully saturated rings. The Morgan fingerprint density at radius 3 is 2.45 bits per heavy atom. The van der Waals surface area contributed by atoms with Gasteiger partial charge in [0.2, 0.25) is 0 Å². The predicted molar refractivity (Wildman–Crippen MR) is 121 cm³/mol. The number of nitrogens with zero attached hydrogens (tertiary/aromatic N) is 2. The Morgan fingerprint density at radius 2 is 1.81 bits per heavy atom. The molecule has 4 rings (SSSR count). The van der Waals surface area contributed by atoms with Crippen molar-refractivity contribution in [3.8, 4) is 11.3 Å². The summed E-state index contributed by atoms with van der Waals surface area (Å²) >= 11 is 0. The van der Waals surface area contributed by atoms with Gasteiger partial charge in [-0.1, -0.05) is 57.2 Å². The van der Waals surface area contributed by atoms with E-state index < -0.39 is 0 Å². The minimum absolute atomic E-state index is 0.0875. The Balaban J connectivity index is 1.63. The van der Waals surface area contributed by atoms with E-state index in [2.05, 4.69) is 65.3 Å². The van der Waals surface area contributed by atoms with Crippen LogP contribution in [0.4, 0.5) is 4.39 Å². The fourth-order valence-electron chi connectivity index (χ4n) is 3.61. The molecule has 6 heteroatoms. The van der Waals surface area contributed by atoms with E-state index in [4.69, 9.17) is 0 Å². The van der Waals surface area contributed by atoms with Gasteiger partial charge in [0, 0.05) is 24.4 Å². The molecule has 2 aromatic heterocycles. The van der Waals surface area contributed by atoms with Crippen molar-refractivity contribution in [2.75, 3.05) is 7.05 Å². The van der Waals surface area contributed by atoms with Gasteiger partial charge in [-0.3, -0.25) is 4.79 Å². The Bertz CT molecular complexity index is 1250. The van der Waals surface area contributed by atoms with Crippen molar-refractivity contribution in [1.29, 1.82) is 0 Å². The number of hydrogen-bond acceptors (Lipinski definition) is 3. The zero-order chi connectivity index (χ0) is 22.2. The first-order valence-electron chi connectivity index (χ1n) is 10.2. The van der Waals surface area contributed by atoms with E-state index in [1.165, 1.54) is 18.0 Å². The maximum Gasteiger partial charge on any atom is 0.267 e. The van der Waals surface area contributed by atoms with Crippen LogP contribution >= 0.6 is 0 Å². The van der Waals surface area contributed by atoms with Crippen molar-refractivity contribution >= 4 is 16.9 Å². The van der Waals surface area contributed by atoms with Crippen LogP contribution in [0.2, 0.25) is 0 Å². The molecule has 0 radical (unpaired) electrons. The molecule has 158 valence electrons. The molecule has 31 heavy (non-hydrogen) atoms. The van der Waals surface area contributed by atoms with E-state index in [-0.39, 0.29) is 17.1 Å². The number of aromatic nitrogens is 3. The highest BCUT2D eigenvalue weighted by Gasteiger charge is 2.16. The van der Waals surface area contributed by atoms with Gasteiger partial charge in [-0.05, 0) is 34.2 Å². The molecule has 0 aliphatic rings. The zero-order valence-corrected chi connectivity index (χ0v) is 18.1. The minimum Gasteiger partial charge on any atom is -0.354 e. The van der Waals surface area contributed by atoms with Gasteiger partial charge in [0.15, 0.2) is 0 Å². The number of amides is 1. The van der Waals surface area contributed by atoms with Crippen molar-refractivity contribution in [3.63, 3.8) is 0 Å². The first-order chi connectivity index (χ1) is 14.8. The SMILES string of the molecule is CNC(=O)c1cc2c(-c3ccc(Cc4ccc(C(C)(C)C)cc4)c(F)c3)ncnc2[nH]1. The second-order valence-corrected chi connectivity index (χ2v) is 8.68. The van der Waals surface area contributed by atoms with Crippen molar-refractivity contribution in [2.24, 2.45) is 0 Å². The maximum absolute atomic E-state index is 15.0. The van der Waals surface area contributed by atoms with Gasteiger partial charge in [-0.2, -0.15) is 0 Å². The van der Waals surface area contributed by atoms with Crippen LogP contribution in [0.3, 0.4) is 0 Å². The van der Waals surface area contributed by atoms with Crippen LogP contribution in [0.25, 0.3) is 22.3 Å². The average molecular weight is 417 g/mol. The third kappa shape index (κ3) is 4.19. The number of aromatic amines is 1. The predicted octanol–water partition coefficient (Wildman–Crippen LogP) is 5.01. The van der Waals surface area contributed by atoms with Gasteiger partial charge in [0.1, 0.15) is 23.5 Å². The molecular weight excluding hydrogens is 391 g/mol. The molecule has 0 aliphatic carbocycles. The number of carbonyl (C=O) groups excluding carboxylic acids is 1. The summed E-state index contributed by atoms with van der Waals surface area (Å²) in [5, 5.41) is 3.25. The Morgan fingerprint density at radius 1 is 1.06 bits per heavy atom. The topological polar surface area (TPSA) is 70.7 Å². The average Bonchev–Trinajstić information content (AvgIpc) is 3.19. The van der Waals surface area contributed by atoms with E-state index in [9.17, 15) is 9.18 Å². The van der Waals surface area contributed by atoms with Crippen molar-refractivity contribution < 1.29 is 9.18 Å². The molecule has 0 bridgehead atoms. The van der Waals surface area contributed by atoms with E-state index >= 15 is 0 Å². The fraction of sp³-hybridized carbons (Fsp3) is 0.240. The largest absolute Gasteiger partial charge is 0.354 e. The standard InChI is InChI=1S/C25H25FN4O/c1-25(2,3)18-9-5-15(6-10-18)11-16-7-8-17(12-20(16)26)22-19-13-21(24(31)27-4)30-23(19)29-14-28-22/h5-10,12-14H,11H2,1-4H3,(H,27,31)(H,28,29,30). The molecule has 0 spiro atoms. The third-order valence-electron chi connectivity index (χ3n) is 5.44. The summed E-state index contributed by atoms with van der Waals surface area (Å²) in [6.45, 7) is 6.52. The Labute approximate surface area is 180 Å². The molecule has 2 heterocycles. The fourth-order valence-corrected chi connectivity index (χ4v) is 3.61. The summed E-state index contributed by atoms with van der Waals surface area (Å²) in [5.74, 6) is -0.533. The smallest absolute Gasteiger partial charge is 0.267 e. The number of carbonyl (C=O) groups is 1. The van der Waals surface area contributed by atoms with E-state index in [1.54, 1.807) is 19.2 Å². The molecule has 2 N–H and O–H groups in total. The number of fused-ring (bicyclic) bond motifs is 1. The van der Waals surface area contributed by atoms with Gasteiger partial charge in [-0.15, -0.1) is 0 Å². The zero-order valence-electron chi connectivity index (χ0n) is 18.1. The summed E-state index contributed by atoms with van der Waals surface area (Å²) in [7, 11) is 1.56. The number of halogens is 1. The number of nitrogens with one attached hydrogen (secondary N) is 2. The summed E-state index contributed by atoms with van der Waals surface area (Å²) in [5.41, 5.74) is 5.16. The second kappa shape index (κ2) is 7.95. The summed E-state index contributed by atoms with van der Waals surface area (Å²) in [4.78, 5) is 23.4. The van der Waals surface area contributed by atoms with Crippen molar-refractivity contribution in [3.05, 3.63) is 83.1 Å². The lowest BCUT2D eigenvalue weighted by atomic mass is 9.86. The van der Waals surface area contributed by atoms with Gasteiger partial charge in [0.05, 0.1) is 5.69 Å². The normalized spacial score (nSPS) is 11.6. The lowest BCUT2D eigenvalue weighted by Crippen LogP contribution is -2.17. The lowest BCUT2D eigenvalue weighted by Gasteiger charge is -2.19. The number of rotatable bonds is 4. The highest BCUT2D eigenvalue weighted by molar-refractivity contribution is 6.00. The van der Waals surface area contributed by atoms with Gasteiger partial charge in [0.25, 0.3) is 5.91 Å². The van der Waals surface area contributed by atoms with Gasteiger partial charge < -0.3 is 10.3 Å². The van der Waals surface area contributed by atoms with Crippen molar-refractivity contribution in [2.45, 2.75) is 32.6 Å². The summed E-state index contributed by atoms with van der Waals surface area (Å²) in [6.07, 6.45) is 1.92. The number of hydrogen-bond donors (Lipinski definition) is 2. The van der Waals surface area contributed by atoms with Crippen LogP contribution in [0.15, 0.2) is 54.9 Å². The number of benzene rings is 2. The first-order valence-corrected chi connectivity index (χ1v) is 10.2. The van der Waals surface area contributed by atoms with Crippen LogP contribution in [0, 0.1) is 5.82 Å². The molecular formula is C25H25FN4O. The second-order valence-electron chi connectivity index (χ2n) is 8.68.